The van der Waals surface area contributed by atoms with Gasteiger partial charge >= 0.3 is 0 Å². The minimum absolute atomic E-state index is 0.101. The SMILES string of the molecule is OCc1nc[nH]c1CO. The summed E-state index contributed by atoms with van der Waals surface area (Å²) in [5.41, 5.74) is 1.09. The van der Waals surface area contributed by atoms with Crippen LogP contribution >= 0.6 is 0 Å². The molecule has 3 N–H and O–H groups in total. The Morgan fingerprint density at radius 2 is 2.22 bits per heavy atom. The van der Waals surface area contributed by atoms with Crippen LogP contribution < -0.4 is 0 Å². The fourth-order valence-electron chi connectivity index (χ4n) is 0.622. The molecule has 1 heterocycles. The molecule has 0 unspecified atom stereocenters. The van der Waals surface area contributed by atoms with Gasteiger partial charge in [-0.2, -0.15) is 0 Å². The van der Waals surface area contributed by atoms with Gasteiger partial charge in [-0.15, -0.1) is 0 Å². The van der Waals surface area contributed by atoms with Gasteiger partial charge in [-0.1, -0.05) is 0 Å². The van der Waals surface area contributed by atoms with Crippen molar-refractivity contribution in [2.24, 2.45) is 0 Å². The van der Waals surface area contributed by atoms with Gasteiger partial charge in [0.15, 0.2) is 0 Å². The lowest BCUT2D eigenvalue weighted by atomic mass is 10.3. The van der Waals surface area contributed by atoms with Crippen molar-refractivity contribution in [3.05, 3.63) is 17.7 Å². The minimum Gasteiger partial charge on any atom is -0.390 e. The van der Waals surface area contributed by atoms with Crippen LogP contribution in [-0.2, 0) is 13.2 Å². The van der Waals surface area contributed by atoms with Crippen LogP contribution in [0.4, 0.5) is 0 Å². The summed E-state index contributed by atoms with van der Waals surface area (Å²) in [4.78, 5) is 6.43. The van der Waals surface area contributed by atoms with Crippen molar-refractivity contribution in [2.45, 2.75) is 13.2 Å². The predicted molar refractivity (Wildman–Crippen MR) is 30.4 cm³/mol. The van der Waals surface area contributed by atoms with Crippen molar-refractivity contribution in [3.63, 3.8) is 0 Å². The zero-order valence-electron chi connectivity index (χ0n) is 4.83. The number of H-pyrrole nitrogens is 1. The van der Waals surface area contributed by atoms with Crippen molar-refractivity contribution < 1.29 is 10.2 Å². The zero-order valence-corrected chi connectivity index (χ0v) is 4.83. The molecule has 1 rings (SSSR count). The number of nitrogens with one attached hydrogen (secondary N) is 1. The Hall–Kier alpha value is -0.870. The van der Waals surface area contributed by atoms with Crippen molar-refractivity contribution in [1.82, 2.24) is 9.97 Å². The maximum absolute atomic E-state index is 8.56. The van der Waals surface area contributed by atoms with Gasteiger partial charge in [0, 0.05) is 0 Å². The summed E-state index contributed by atoms with van der Waals surface area (Å²) in [6.07, 6.45) is 1.44. The van der Waals surface area contributed by atoms with Crippen LogP contribution in [0.2, 0.25) is 0 Å². The molecule has 50 valence electrons. The van der Waals surface area contributed by atoms with Crippen LogP contribution in [0.25, 0.3) is 0 Å². The van der Waals surface area contributed by atoms with E-state index in [9.17, 15) is 0 Å². The first-order valence-corrected chi connectivity index (χ1v) is 2.61. The zero-order chi connectivity index (χ0) is 6.69. The van der Waals surface area contributed by atoms with E-state index in [0.29, 0.717) is 11.4 Å². The molecule has 9 heavy (non-hydrogen) atoms. The van der Waals surface area contributed by atoms with Crippen LogP contribution in [0.1, 0.15) is 11.4 Å². The van der Waals surface area contributed by atoms with Gasteiger partial charge in [-0.25, -0.2) is 4.98 Å². The van der Waals surface area contributed by atoms with E-state index in [1.807, 2.05) is 0 Å². The first-order valence-electron chi connectivity index (χ1n) is 2.61. The summed E-state index contributed by atoms with van der Waals surface area (Å²) in [5, 5.41) is 17.1. The molecule has 0 amide bonds. The Morgan fingerprint density at radius 1 is 1.44 bits per heavy atom. The molecule has 0 atom stereocenters. The molecule has 0 radical (unpaired) electrons. The number of nitrogens with zero attached hydrogens (tertiary/aromatic N) is 1. The maximum atomic E-state index is 8.56. The molecule has 0 aromatic carbocycles. The summed E-state index contributed by atoms with van der Waals surface area (Å²) in [6.45, 7) is -0.227. The molecule has 0 aliphatic carbocycles. The highest BCUT2D eigenvalue weighted by atomic mass is 16.3. The van der Waals surface area contributed by atoms with Gasteiger partial charge in [0.1, 0.15) is 0 Å². The maximum Gasteiger partial charge on any atom is 0.0926 e. The van der Waals surface area contributed by atoms with Gasteiger partial charge in [-0.3, -0.25) is 0 Å². The summed E-state index contributed by atoms with van der Waals surface area (Å²) in [6, 6.07) is 0. The van der Waals surface area contributed by atoms with Crippen LogP contribution in [0.3, 0.4) is 0 Å². The third-order valence-electron chi connectivity index (χ3n) is 1.12. The fourth-order valence-corrected chi connectivity index (χ4v) is 0.622. The first-order chi connectivity index (χ1) is 4.38. The number of aliphatic hydroxyl groups excluding tert-OH is 2. The van der Waals surface area contributed by atoms with Crippen LogP contribution in [0.15, 0.2) is 6.33 Å². The molecule has 0 fully saturated rings. The van der Waals surface area contributed by atoms with E-state index >= 15 is 0 Å². The number of aromatic amines is 1. The number of imidazole rings is 1. The third-order valence-corrected chi connectivity index (χ3v) is 1.12. The van der Waals surface area contributed by atoms with E-state index in [1.165, 1.54) is 6.33 Å². The van der Waals surface area contributed by atoms with Crippen molar-refractivity contribution in [2.75, 3.05) is 0 Å². The fraction of sp³-hybridized carbons (Fsp3) is 0.400. The lowest BCUT2D eigenvalue weighted by Crippen LogP contribution is -1.91. The molecule has 0 aliphatic rings. The first kappa shape index (κ1) is 6.25. The Morgan fingerprint density at radius 3 is 2.67 bits per heavy atom. The average Bonchev–Trinajstić information content (AvgIpc) is 2.33. The molecular weight excluding hydrogens is 120 g/mol. The van der Waals surface area contributed by atoms with Crippen LogP contribution in [0, 0.1) is 0 Å². The Bertz CT molecular complexity index is 166. The molecule has 0 spiro atoms. The van der Waals surface area contributed by atoms with Crippen molar-refractivity contribution in [1.29, 1.82) is 0 Å². The van der Waals surface area contributed by atoms with Gasteiger partial charge < -0.3 is 15.2 Å². The molecule has 0 saturated heterocycles. The van der Waals surface area contributed by atoms with E-state index in [0.717, 1.165) is 0 Å². The molecule has 4 heteroatoms. The second-order valence-corrected chi connectivity index (χ2v) is 1.64. The second-order valence-electron chi connectivity index (χ2n) is 1.64. The lowest BCUT2D eigenvalue weighted by molar-refractivity contribution is 0.255. The van der Waals surface area contributed by atoms with E-state index in [-0.39, 0.29) is 13.2 Å². The van der Waals surface area contributed by atoms with E-state index < -0.39 is 0 Å². The van der Waals surface area contributed by atoms with Gasteiger partial charge in [0.05, 0.1) is 30.9 Å². The highest BCUT2D eigenvalue weighted by Gasteiger charge is 1.99. The Kier molecular flexibility index (Phi) is 1.81. The minimum atomic E-state index is -0.126. The highest BCUT2D eigenvalue weighted by molar-refractivity contribution is 5.07. The molecule has 0 aliphatic heterocycles. The molecule has 1 aromatic heterocycles. The van der Waals surface area contributed by atoms with Gasteiger partial charge in [0.25, 0.3) is 0 Å². The lowest BCUT2D eigenvalue weighted by Gasteiger charge is -1.90. The summed E-state index contributed by atoms with van der Waals surface area (Å²) in [7, 11) is 0. The molecule has 1 aromatic rings. The monoisotopic (exact) mass is 128 g/mol. The van der Waals surface area contributed by atoms with Gasteiger partial charge in [0.2, 0.25) is 0 Å². The molecular formula is C5H8N2O2. The van der Waals surface area contributed by atoms with Crippen LogP contribution in [-0.4, -0.2) is 20.2 Å². The number of aliphatic hydroxyl groups is 2. The number of aromatic nitrogens is 2. The normalized spacial score (nSPS) is 10.0. The van der Waals surface area contributed by atoms with Crippen molar-refractivity contribution >= 4 is 0 Å². The number of rotatable bonds is 2. The average molecular weight is 128 g/mol. The number of hydrogen-bond acceptors (Lipinski definition) is 3. The predicted octanol–water partition coefficient (Wildman–Crippen LogP) is -0.606. The van der Waals surface area contributed by atoms with E-state index in [1.54, 1.807) is 0 Å². The highest BCUT2D eigenvalue weighted by Crippen LogP contribution is 2.00. The third kappa shape index (κ3) is 1.09. The standard InChI is InChI=1S/C5H8N2O2/c8-1-4-5(2-9)7-3-6-4/h3,8-9H,1-2H2,(H,6,7). The van der Waals surface area contributed by atoms with Gasteiger partial charge in [-0.05, 0) is 0 Å². The smallest absolute Gasteiger partial charge is 0.0926 e. The Labute approximate surface area is 52.2 Å². The van der Waals surface area contributed by atoms with E-state index in [2.05, 4.69) is 9.97 Å². The summed E-state index contributed by atoms with van der Waals surface area (Å²) in [5.74, 6) is 0. The van der Waals surface area contributed by atoms with Crippen molar-refractivity contribution in [3.8, 4) is 0 Å². The van der Waals surface area contributed by atoms with E-state index in [4.69, 9.17) is 10.2 Å². The molecule has 0 saturated carbocycles. The van der Waals surface area contributed by atoms with Crippen LogP contribution in [0.5, 0.6) is 0 Å². The Balaban J connectivity index is 2.85. The largest absolute Gasteiger partial charge is 0.390 e. The summed E-state index contributed by atoms with van der Waals surface area (Å²) < 4.78 is 0. The topological polar surface area (TPSA) is 69.1 Å². The molecule has 4 nitrogen and oxygen atoms in total. The second kappa shape index (κ2) is 2.61. The quantitative estimate of drug-likeness (QED) is 0.498. The molecule has 0 bridgehead atoms. The summed E-state index contributed by atoms with van der Waals surface area (Å²) >= 11 is 0. The number of hydrogen-bond donors (Lipinski definition) is 3.